The van der Waals surface area contributed by atoms with Crippen molar-refractivity contribution in [2.75, 3.05) is 20.3 Å². The van der Waals surface area contributed by atoms with E-state index in [2.05, 4.69) is 5.32 Å². The van der Waals surface area contributed by atoms with E-state index >= 15 is 0 Å². The zero-order chi connectivity index (χ0) is 15.1. The van der Waals surface area contributed by atoms with Gasteiger partial charge in [-0.2, -0.15) is 0 Å². The van der Waals surface area contributed by atoms with Crippen LogP contribution in [0.15, 0.2) is 0 Å². The average molecular weight is 286 g/mol. The van der Waals surface area contributed by atoms with Gasteiger partial charge in [0.25, 0.3) is 0 Å². The van der Waals surface area contributed by atoms with E-state index in [1.807, 2.05) is 13.8 Å². The quantitative estimate of drug-likeness (QED) is 0.779. The smallest absolute Gasteiger partial charge is 0.317 e. The fourth-order valence-electron chi connectivity index (χ4n) is 2.53. The maximum absolute atomic E-state index is 12.2. The summed E-state index contributed by atoms with van der Waals surface area (Å²) in [6.07, 6.45) is 2.75. The van der Waals surface area contributed by atoms with Crippen molar-refractivity contribution in [3.05, 3.63) is 0 Å². The van der Waals surface area contributed by atoms with Gasteiger partial charge in [-0.25, -0.2) is 4.79 Å². The molecule has 1 rings (SSSR count). The maximum atomic E-state index is 12.2. The number of ether oxygens (including phenoxy) is 1. The van der Waals surface area contributed by atoms with Gasteiger partial charge in [-0.1, -0.05) is 0 Å². The van der Waals surface area contributed by atoms with E-state index < -0.39 is 5.97 Å². The number of aliphatic carboxylic acids is 1. The molecule has 0 bridgehead atoms. The molecule has 0 atom stereocenters. The lowest BCUT2D eigenvalue weighted by atomic mass is 9.86. The topological polar surface area (TPSA) is 78.9 Å². The van der Waals surface area contributed by atoms with E-state index in [0.29, 0.717) is 26.0 Å². The fraction of sp³-hybridized carbons (Fsp3) is 0.857. The van der Waals surface area contributed by atoms with Crippen LogP contribution in [0.25, 0.3) is 0 Å². The summed E-state index contributed by atoms with van der Waals surface area (Å²) >= 11 is 0. The second kappa shape index (κ2) is 8.09. The van der Waals surface area contributed by atoms with Crippen molar-refractivity contribution in [2.24, 2.45) is 5.92 Å². The normalized spacial score (nSPS) is 22.6. The molecule has 20 heavy (non-hydrogen) atoms. The van der Waals surface area contributed by atoms with Crippen LogP contribution in [-0.2, 0) is 9.53 Å². The average Bonchev–Trinajstić information content (AvgIpc) is 2.39. The molecule has 0 aromatic rings. The summed E-state index contributed by atoms with van der Waals surface area (Å²) in [4.78, 5) is 24.8. The van der Waals surface area contributed by atoms with Crippen molar-refractivity contribution >= 4 is 12.0 Å². The Balaban J connectivity index is 2.43. The number of carboxylic acid groups (broad SMARTS) is 1. The maximum Gasteiger partial charge on any atom is 0.317 e. The summed E-state index contributed by atoms with van der Waals surface area (Å²) in [5, 5.41) is 12.0. The molecule has 1 aliphatic carbocycles. The van der Waals surface area contributed by atoms with Gasteiger partial charge >= 0.3 is 12.0 Å². The molecular formula is C14H26N2O4. The largest absolute Gasteiger partial charge is 0.481 e. The number of nitrogens with one attached hydrogen (secondary N) is 1. The monoisotopic (exact) mass is 286 g/mol. The molecule has 2 amide bonds. The minimum absolute atomic E-state index is 0.0851. The van der Waals surface area contributed by atoms with Crippen molar-refractivity contribution in [3.8, 4) is 0 Å². The highest BCUT2D eigenvalue weighted by Gasteiger charge is 2.28. The van der Waals surface area contributed by atoms with Crippen LogP contribution < -0.4 is 5.32 Å². The van der Waals surface area contributed by atoms with E-state index in [1.165, 1.54) is 0 Å². The van der Waals surface area contributed by atoms with Crippen molar-refractivity contribution in [3.63, 3.8) is 0 Å². The molecule has 0 radical (unpaired) electrons. The highest BCUT2D eigenvalue weighted by Crippen LogP contribution is 2.24. The third-order valence-electron chi connectivity index (χ3n) is 3.82. The van der Waals surface area contributed by atoms with E-state index in [1.54, 1.807) is 12.0 Å². The van der Waals surface area contributed by atoms with Crippen molar-refractivity contribution in [2.45, 2.75) is 51.6 Å². The highest BCUT2D eigenvalue weighted by atomic mass is 16.5. The molecule has 116 valence electrons. The number of carbonyl (C=O) groups is 2. The molecule has 0 aromatic carbocycles. The molecule has 0 saturated heterocycles. The Bertz CT molecular complexity index is 325. The van der Waals surface area contributed by atoms with Crippen LogP contribution >= 0.6 is 0 Å². The molecule has 6 nitrogen and oxygen atoms in total. The zero-order valence-electron chi connectivity index (χ0n) is 12.6. The number of hydrogen-bond acceptors (Lipinski definition) is 3. The van der Waals surface area contributed by atoms with Gasteiger partial charge in [0, 0.05) is 25.7 Å². The highest BCUT2D eigenvalue weighted by molar-refractivity contribution is 5.75. The second-order valence-electron chi connectivity index (χ2n) is 5.62. The Morgan fingerprint density at radius 2 is 1.90 bits per heavy atom. The number of nitrogens with zero attached hydrogens (tertiary/aromatic N) is 1. The summed E-state index contributed by atoms with van der Waals surface area (Å²) in [6, 6.07) is 0.109. The number of rotatable bonds is 6. The lowest BCUT2D eigenvalue weighted by Crippen LogP contribution is -2.49. The predicted octanol–water partition coefficient (Wildman–Crippen LogP) is 1.70. The van der Waals surface area contributed by atoms with Gasteiger partial charge in [-0.15, -0.1) is 0 Å². The summed E-state index contributed by atoms with van der Waals surface area (Å²) in [6.45, 7) is 5.01. The molecule has 1 fully saturated rings. The Hall–Kier alpha value is -1.30. The zero-order valence-corrected chi connectivity index (χ0v) is 12.6. The third kappa shape index (κ3) is 5.00. The van der Waals surface area contributed by atoms with Gasteiger partial charge in [0.15, 0.2) is 0 Å². The van der Waals surface area contributed by atoms with Crippen molar-refractivity contribution in [1.82, 2.24) is 10.2 Å². The first kappa shape index (κ1) is 16.8. The van der Waals surface area contributed by atoms with Crippen LogP contribution in [0.3, 0.4) is 0 Å². The van der Waals surface area contributed by atoms with Crippen LogP contribution in [0.2, 0.25) is 0 Å². The van der Waals surface area contributed by atoms with Gasteiger partial charge in [-0.3, -0.25) is 4.79 Å². The molecule has 0 aliphatic heterocycles. The van der Waals surface area contributed by atoms with Crippen LogP contribution in [-0.4, -0.2) is 54.4 Å². The standard InChI is InChI=1S/C14H26N2O4/c1-10(2)16(8-9-20-3)14(19)15-12-6-4-11(5-7-12)13(17)18/h10-12H,4-9H2,1-3H3,(H,15,19)(H,17,18). The third-order valence-corrected chi connectivity index (χ3v) is 3.82. The number of carboxylic acids is 1. The first-order chi connectivity index (χ1) is 9.45. The number of carbonyl (C=O) groups excluding carboxylic acids is 1. The molecule has 0 heterocycles. The number of amides is 2. The lowest BCUT2D eigenvalue weighted by Gasteiger charge is -2.32. The SMILES string of the molecule is COCCN(C(=O)NC1CCC(C(=O)O)CC1)C(C)C. The van der Waals surface area contributed by atoms with E-state index in [-0.39, 0.29) is 24.0 Å². The minimum atomic E-state index is -0.723. The van der Waals surface area contributed by atoms with Crippen LogP contribution in [0, 0.1) is 5.92 Å². The van der Waals surface area contributed by atoms with Crippen LogP contribution in [0.5, 0.6) is 0 Å². The molecule has 0 aromatic heterocycles. The van der Waals surface area contributed by atoms with Gasteiger partial charge in [0.05, 0.1) is 12.5 Å². The Morgan fingerprint density at radius 1 is 1.30 bits per heavy atom. The van der Waals surface area contributed by atoms with Gasteiger partial charge in [-0.05, 0) is 39.5 Å². The Kier molecular flexibility index (Phi) is 6.78. The summed E-state index contributed by atoms with van der Waals surface area (Å²) in [7, 11) is 1.61. The minimum Gasteiger partial charge on any atom is -0.481 e. The molecular weight excluding hydrogens is 260 g/mol. The summed E-state index contributed by atoms with van der Waals surface area (Å²) in [5.74, 6) is -0.975. The first-order valence-corrected chi connectivity index (χ1v) is 7.24. The molecule has 1 saturated carbocycles. The van der Waals surface area contributed by atoms with Crippen LogP contribution in [0.1, 0.15) is 39.5 Å². The number of methoxy groups -OCH3 is 1. The Labute approximate surface area is 120 Å². The van der Waals surface area contributed by atoms with Gasteiger partial charge < -0.3 is 20.1 Å². The Morgan fingerprint density at radius 3 is 2.35 bits per heavy atom. The lowest BCUT2D eigenvalue weighted by molar-refractivity contribution is -0.142. The molecule has 1 aliphatic rings. The molecule has 0 spiro atoms. The molecule has 6 heteroatoms. The summed E-state index contributed by atoms with van der Waals surface area (Å²) < 4.78 is 5.02. The van der Waals surface area contributed by atoms with Gasteiger partial charge in [0.2, 0.25) is 0 Å². The second-order valence-corrected chi connectivity index (χ2v) is 5.62. The van der Waals surface area contributed by atoms with E-state index in [4.69, 9.17) is 9.84 Å². The number of urea groups is 1. The predicted molar refractivity (Wildman–Crippen MR) is 75.6 cm³/mol. The molecule has 0 unspecified atom stereocenters. The fourth-order valence-corrected chi connectivity index (χ4v) is 2.53. The number of hydrogen-bond donors (Lipinski definition) is 2. The molecule has 2 N–H and O–H groups in total. The van der Waals surface area contributed by atoms with Crippen LogP contribution in [0.4, 0.5) is 4.79 Å². The first-order valence-electron chi connectivity index (χ1n) is 7.24. The van der Waals surface area contributed by atoms with Crippen molar-refractivity contribution in [1.29, 1.82) is 0 Å². The van der Waals surface area contributed by atoms with Crippen molar-refractivity contribution < 1.29 is 19.4 Å². The summed E-state index contributed by atoms with van der Waals surface area (Å²) in [5.41, 5.74) is 0. The van der Waals surface area contributed by atoms with Gasteiger partial charge in [0.1, 0.15) is 0 Å². The van der Waals surface area contributed by atoms with E-state index in [9.17, 15) is 9.59 Å². The van der Waals surface area contributed by atoms with E-state index in [0.717, 1.165) is 12.8 Å².